The number of amides is 2. The number of nitrogens with zero attached hydrogens (tertiary/aromatic N) is 7. The molecule has 0 saturated carbocycles. The third kappa shape index (κ3) is 3.80. The zero-order valence-corrected chi connectivity index (χ0v) is 17.3. The topological polar surface area (TPSA) is 113 Å². The normalized spacial score (nSPS) is 13.2. The molecule has 0 aliphatic carbocycles. The number of carbonyl (C=O) groups excluding carboxylic acids is 2. The van der Waals surface area contributed by atoms with E-state index in [0.717, 1.165) is 22.6 Å². The molecular formula is C20H24N8O2. The van der Waals surface area contributed by atoms with Crippen LogP contribution in [0.5, 0.6) is 0 Å². The van der Waals surface area contributed by atoms with Crippen LogP contribution in [-0.2, 0) is 19.5 Å². The fourth-order valence-electron chi connectivity index (χ4n) is 3.67. The molecule has 2 amide bonds. The number of aromatic nitrogens is 6. The van der Waals surface area contributed by atoms with Crippen molar-refractivity contribution in [2.24, 2.45) is 0 Å². The van der Waals surface area contributed by atoms with E-state index < -0.39 is 0 Å². The maximum Gasteiger partial charge on any atom is 0.274 e. The lowest BCUT2D eigenvalue weighted by atomic mass is 10.0. The highest BCUT2D eigenvalue weighted by Crippen LogP contribution is 2.22. The van der Waals surface area contributed by atoms with Gasteiger partial charge < -0.3 is 9.80 Å². The van der Waals surface area contributed by atoms with E-state index in [2.05, 4.69) is 25.3 Å². The minimum atomic E-state index is -0.182. The second kappa shape index (κ2) is 8.05. The summed E-state index contributed by atoms with van der Waals surface area (Å²) in [4.78, 5) is 36.9. The van der Waals surface area contributed by atoms with Crippen LogP contribution in [0.15, 0.2) is 24.7 Å². The first-order valence-electron chi connectivity index (χ1n) is 9.82. The lowest BCUT2D eigenvalue weighted by molar-refractivity contribution is 0.0726. The molecule has 4 rings (SSSR count). The number of aromatic amines is 1. The molecule has 1 aliphatic rings. The van der Waals surface area contributed by atoms with Gasteiger partial charge in [-0.1, -0.05) is 0 Å². The maximum absolute atomic E-state index is 12.9. The maximum atomic E-state index is 12.9. The molecule has 0 radical (unpaired) electrons. The Morgan fingerprint density at radius 1 is 1.27 bits per heavy atom. The molecule has 4 heterocycles. The molecule has 10 heteroatoms. The van der Waals surface area contributed by atoms with Crippen molar-refractivity contribution in [2.45, 2.75) is 33.4 Å². The van der Waals surface area contributed by atoms with Gasteiger partial charge in [0.1, 0.15) is 5.69 Å². The third-order valence-corrected chi connectivity index (χ3v) is 5.30. The van der Waals surface area contributed by atoms with Crippen molar-refractivity contribution in [3.8, 4) is 0 Å². The first kappa shape index (κ1) is 19.7. The Labute approximate surface area is 173 Å². The monoisotopic (exact) mass is 408 g/mol. The van der Waals surface area contributed by atoms with Crippen LogP contribution < -0.4 is 0 Å². The Hall–Kier alpha value is -3.56. The summed E-state index contributed by atoms with van der Waals surface area (Å²) in [5.41, 5.74) is 4.42. The van der Waals surface area contributed by atoms with Gasteiger partial charge in [-0.25, -0.2) is 4.98 Å². The van der Waals surface area contributed by atoms with E-state index in [1.54, 1.807) is 16.8 Å². The Balaban J connectivity index is 1.42. The molecule has 3 aromatic rings. The minimum Gasteiger partial charge on any atom is -0.338 e. The molecule has 3 aromatic heterocycles. The molecule has 1 N–H and O–H groups in total. The van der Waals surface area contributed by atoms with Crippen molar-refractivity contribution in [2.75, 3.05) is 20.1 Å². The summed E-state index contributed by atoms with van der Waals surface area (Å²) >= 11 is 0. The van der Waals surface area contributed by atoms with Gasteiger partial charge in [0.05, 0.1) is 30.7 Å². The number of nitrogens with one attached hydrogen (secondary N) is 1. The molecule has 30 heavy (non-hydrogen) atoms. The zero-order valence-electron chi connectivity index (χ0n) is 17.3. The van der Waals surface area contributed by atoms with Crippen molar-refractivity contribution in [1.29, 1.82) is 0 Å². The Bertz CT molecular complexity index is 1070. The first-order chi connectivity index (χ1) is 14.4. The average Bonchev–Trinajstić information content (AvgIpc) is 3.33. The van der Waals surface area contributed by atoms with E-state index >= 15 is 0 Å². The van der Waals surface area contributed by atoms with Crippen LogP contribution in [0.2, 0.25) is 0 Å². The number of rotatable bonds is 5. The van der Waals surface area contributed by atoms with Gasteiger partial charge in [0.15, 0.2) is 5.69 Å². The lowest BCUT2D eigenvalue weighted by Crippen LogP contribution is -2.37. The van der Waals surface area contributed by atoms with E-state index in [4.69, 9.17) is 0 Å². The molecule has 0 spiro atoms. The van der Waals surface area contributed by atoms with E-state index in [1.807, 2.05) is 24.6 Å². The Kier molecular flexibility index (Phi) is 5.30. The highest BCUT2D eigenvalue weighted by Gasteiger charge is 2.29. The summed E-state index contributed by atoms with van der Waals surface area (Å²) in [5.74, 6) is -0.319. The molecule has 10 nitrogen and oxygen atoms in total. The highest BCUT2D eigenvalue weighted by atomic mass is 16.2. The largest absolute Gasteiger partial charge is 0.338 e. The van der Waals surface area contributed by atoms with Crippen molar-refractivity contribution in [3.05, 3.63) is 58.7 Å². The Morgan fingerprint density at radius 3 is 2.80 bits per heavy atom. The molecule has 0 fully saturated rings. The summed E-state index contributed by atoms with van der Waals surface area (Å²) in [6.45, 7) is 5.96. The second-order valence-electron chi connectivity index (χ2n) is 7.47. The van der Waals surface area contributed by atoms with Gasteiger partial charge in [-0.2, -0.15) is 10.2 Å². The fraction of sp³-hybridized carbons (Fsp3) is 0.400. The average molecular weight is 408 g/mol. The number of carbonyl (C=O) groups is 2. The Morgan fingerprint density at radius 2 is 2.10 bits per heavy atom. The first-order valence-corrected chi connectivity index (χ1v) is 9.82. The number of fused-ring (bicyclic) bond motifs is 1. The number of H-pyrrole nitrogens is 1. The van der Waals surface area contributed by atoms with Gasteiger partial charge >= 0.3 is 0 Å². The van der Waals surface area contributed by atoms with Crippen LogP contribution in [-0.4, -0.2) is 71.7 Å². The van der Waals surface area contributed by atoms with Gasteiger partial charge in [0.2, 0.25) is 0 Å². The number of likely N-dealkylation sites (N-methyl/N-ethyl adjacent to an activating group) is 1. The molecular weight excluding hydrogens is 384 g/mol. The minimum absolute atomic E-state index is 0.136. The van der Waals surface area contributed by atoms with Crippen LogP contribution in [0.1, 0.15) is 43.6 Å². The van der Waals surface area contributed by atoms with Crippen LogP contribution in [0.3, 0.4) is 0 Å². The third-order valence-electron chi connectivity index (χ3n) is 5.30. The molecule has 156 valence electrons. The van der Waals surface area contributed by atoms with Crippen LogP contribution in [0, 0.1) is 13.8 Å². The van der Waals surface area contributed by atoms with Crippen LogP contribution >= 0.6 is 0 Å². The van der Waals surface area contributed by atoms with Crippen molar-refractivity contribution < 1.29 is 9.59 Å². The highest BCUT2D eigenvalue weighted by molar-refractivity contribution is 5.94. The van der Waals surface area contributed by atoms with Gasteiger partial charge in [-0.05, 0) is 26.3 Å². The van der Waals surface area contributed by atoms with Gasteiger partial charge in [-0.15, -0.1) is 0 Å². The number of hydrogen-bond donors (Lipinski definition) is 1. The van der Waals surface area contributed by atoms with E-state index in [1.165, 1.54) is 18.6 Å². The lowest BCUT2D eigenvalue weighted by Gasteiger charge is -2.26. The summed E-state index contributed by atoms with van der Waals surface area (Å²) in [5, 5.41) is 11.6. The summed E-state index contributed by atoms with van der Waals surface area (Å²) in [6, 6.07) is 2.01. The summed E-state index contributed by atoms with van der Waals surface area (Å²) in [7, 11) is 1.77. The van der Waals surface area contributed by atoms with Crippen LogP contribution in [0.25, 0.3) is 0 Å². The predicted molar refractivity (Wildman–Crippen MR) is 108 cm³/mol. The standard InChI is InChI=1S/C20H24N8O2/c1-13-10-14(2)28(25-13)9-8-26(3)20(30)18-15-4-7-27(12-17(15)23-24-18)19(29)16-11-21-5-6-22-16/h5-6,10-11H,4,7-9,12H2,1-3H3,(H,23,24). The quantitative estimate of drug-likeness (QED) is 0.673. The summed E-state index contributed by atoms with van der Waals surface area (Å²) < 4.78 is 1.90. The van der Waals surface area contributed by atoms with Gasteiger partial charge in [0, 0.05) is 43.8 Å². The molecule has 0 saturated heterocycles. The molecule has 0 aromatic carbocycles. The van der Waals surface area contributed by atoms with E-state index in [0.29, 0.717) is 44.0 Å². The predicted octanol–water partition coefficient (Wildman–Crippen LogP) is 0.984. The zero-order chi connectivity index (χ0) is 21.3. The smallest absolute Gasteiger partial charge is 0.274 e. The molecule has 1 aliphatic heterocycles. The fourth-order valence-corrected chi connectivity index (χ4v) is 3.67. The van der Waals surface area contributed by atoms with Crippen molar-refractivity contribution >= 4 is 11.8 Å². The molecule has 0 unspecified atom stereocenters. The molecule has 0 bridgehead atoms. The summed E-state index contributed by atoms with van der Waals surface area (Å²) in [6.07, 6.45) is 5.04. The van der Waals surface area contributed by atoms with Gasteiger partial charge in [-0.3, -0.25) is 24.4 Å². The second-order valence-corrected chi connectivity index (χ2v) is 7.47. The number of aryl methyl sites for hydroxylation is 2. The van der Waals surface area contributed by atoms with E-state index in [-0.39, 0.29) is 11.8 Å². The van der Waals surface area contributed by atoms with E-state index in [9.17, 15) is 9.59 Å². The molecule has 0 atom stereocenters. The number of hydrogen-bond acceptors (Lipinski definition) is 6. The van der Waals surface area contributed by atoms with Crippen molar-refractivity contribution in [1.82, 2.24) is 39.7 Å². The van der Waals surface area contributed by atoms with Crippen LogP contribution in [0.4, 0.5) is 0 Å². The SMILES string of the molecule is Cc1cc(C)n(CCN(C)C(=O)c2n[nH]c3c2CCN(C(=O)c2cnccn2)C3)n1. The van der Waals surface area contributed by atoms with Gasteiger partial charge in [0.25, 0.3) is 11.8 Å². The van der Waals surface area contributed by atoms with Crippen molar-refractivity contribution in [3.63, 3.8) is 0 Å².